The van der Waals surface area contributed by atoms with Crippen LogP contribution < -0.4 is 11.5 Å². The first-order valence-corrected chi connectivity index (χ1v) is 8.78. The third-order valence-electron chi connectivity index (χ3n) is 4.44. The average molecular weight is 425 g/mol. The molecule has 0 bridgehead atoms. The number of nitrogen functional groups attached to an aromatic ring is 1. The van der Waals surface area contributed by atoms with E-state index in [4.69, 9.17) is 28.5 Å². The number of hydrogen-bond acceptors (Lipinski definition) is 6. The molecule has 1 aliphatic rings. The summed E-state index contributed by atoms with van der Waals surface area (Å²) in [5, 5.41) is 6.50. The number of nitrogens with zero attached hydrogens (tertiary/aromatic N) is 3. The Morgan fingerprint density at radius 3 is 2.69 bits per heavy atom. The molecule has 0 atom stereocenters. The lowest BCUT2D eigenvalue weighted by molar-refractivity contribution is -0.137. The Balaban J connectivity index is 1.95. The van der Waals surface area contributed by atoms with Crippen LogP contribution in [-0.4, -0.2) is 33.5 Å². The fraction of sp³-hybridized carbons (Fsp3) is 0.222. The van der Waals surface area contributed by atoms with Crippen molar-refractivity contribution in [3.63, 3.8) is 0 Å². The number of amides is 1. The number of fused-ring (bicyclic) bond motifs is 1. The summed E-state index contributed by atoms with van der Waals surface area (Å²) < 4.78 is 39.3. The zero-order chi connectivity index (χ0) is 21.3. The quantitative estimate of drug-likeness (QED) is 0.654. The Bertz CT molecular complexity index is 1020. The standard InChI is InChI=1S/C18H16ClF3N6O/c19-14-10(2-1-3-11(14)18(20,21)22)16(29)28-7-5-9-13(8-28)26-17(25)27-15(9)12(24)4-6-23/h1-4,6,23H,5,7-8,24H2,(H2,25,26,27)/b12-4-,23-6?. The lowest BCUT2D eigenvalue weighted by atomic mass is 10.00. The molecule has 1 aromatic carbocycles. The van der Waals surface area contributed by atoms with E-state index in [9.17, 15) is 18.0 Å². The van der Waals surface area contributed by atoms with Crippen molar-refractivity contribution in [1.29, 1.82) is 5.41 Å². The summed E-state index contributed by atoms with van der Waals surface area (Å²) in [5.41, 5.74) is 12.1. The van der Waals surface area contributed by atoms with Crippen LogP contribution in [0.3, 0.4) is 0 Å². The van der Waals surface area contributed by atoms with Gasteiger partial charge in [-0.25, -0.2) is 9.97 Å². The van der Waals surface area contributed by atoms with Crippen molar-refractivity contribution in [3.8, 4) is 0 Å². The highest BCUT2D eigenvalue weighted by atomic mass is 35.5. The van der Waals surface area contributed by atoms with E-state index in [1.165, 1.54) is 17.0 Å². The van der Waals surface area contributed by atoms with Crippen molar-refractivity contribution in [2.24, 2.45) is 5.73 Å². The lowest BCUT2D eigenvalue weighted by Crippen LogP contribution is -2.37. The Morgan fingerprint density at radius 1 is 1.31 bits per heavy atom. The van der Waals surface area contributed by atoms with Gasteiger partial charge in [0.05, 0.1) is 39.8 Å². The van der Waals surface area contributed by atoms with Crippen LogP contribution in [0.1, 0.15) is 32.9 Å². The van der Waals surface area contributed by atoms with Crippen LogP contribution in [0.4, 0.5) is 19.1 Å². The first-order valence-electron chi connectivity index (χ1n) is 8.40. The fourth-order valence-electron chi connectivity index (χ4n) is 3.12. The van der Waals surface area contributed by atoms with Gasteiger partial charge in [-0.1, -0.05) is 17.7 Å². The van der Waals surface area contributed by atoms with Crippen LogP contribution in [0, 0.1) is 5.41 Å². The molecule has 0 aliphatic carbocycles. The maximum absolute atomic E-state index is 13.1. The summed E-state index contributed by atoms with van der Waals surface area (Å²) in [4.78, 5) is 22.4. The van der Waals surface area contributed by atoms with E-state index >= 15 is 0 Å². The third-order valence-corrected chi connectivity index (χ3v) is 4.85. The topological polar surface area (TPSA) is 122 Å². The summed E-state index contributed by atoms with van der Waals surface area (Å²) >= 11 is 5.88. The highest BCUT2D eigenvalue weighted by Crippen LogP contribution is 2.37. The normalized spacial score (nSPS) is 14.5. The summed E-state index contributed by atoms with van der Waals surface area (Å²) in [6.45, 7) is 0.217. The van der Waals surface area contributed by atoms with Crippen molar-refractivity contribution >= 4 is 35.4 Å². The number of hydrogen-bond donors (Lipinski definition) is 3. The number of nitrogens with two attached hydrogens (primary N) is 2. The molecule has 0 saturated heterocycles. The zero-order valence-corrected chi connectivity index (χ0v) is 15.7. The van der Waals surface area contributed by atoms with E-state index in [0.717, 1.165) is 18.3 Å². The Kier molecular flexibility index (Phi) is 5.47. The molecule has 0 radical (unpaired) electrons. The van der Waals surface area contributed by atoms with E-state index in [1.54, 1.807) is 0 Å². The minimum atomic E-state index is -4.67. The number of aromatic nitrogens is 2. The Hall–Kier alpha value is -3.14. The van der Waals surface area contributed by atoms with Gasteiger partial charge >= 0.3 is 6.18 Å². The van der Waals surface area contributed by atoms with Crippen molar-refractivity contribution in [2.45, 2.75) is 19.1 Å². The van der Waals surface area contributed by atoms with Crippen LogP contribution >= 0.6 is 11.6 Å². The molecule has 7 nitrogen and oxygen atoms in total. The summed E-state index contributed by atoms with van der Waals surface area (Å²) in [5.74, 6) is -0.708. The molecule has 0 spiro atoms. The molecule has 1 amide bonds. The molecule has 0 saturated carbocycles. The number of carbonyl (C=O) groups excluding carboxylic acids is 1. The SMILES string of the molecule is N=C/C=C(\N)c1nc(N)nc2c1CCN(C(=O)c1cccc(C(F)(F)F)c1Cl)C2. The van der Waals surface area contributed by atoms with Gasteiger partial charge in [0.2, 0.25) is 5.95 Å². The van der Waals surface area contributed by atoms with Crippen LogP contribution in [-0.2, 0) is 19.1 Å². The van der Waals surface area contributed by atoms with Gasteiger partial charge in [-0.2, -0.15) is 13.2 Å². The van der Waals surface area contributed by atoms with Crippen molar-refractivity contribution in [2.75, 3.05) is 12.3 Å². The highest BCUT2D eigenvalue weighted by molar-refractivity contribution is 6.34. The second-order valence-electron chi connectivity index (χ2n) is 6.29. The number of halogens is 4. The van der Waals surface area contributed by atoms with Crippen LogP contribution in [0.2, 0.25) is 5.02 Å². The monoisotopic (exact) mass is 424 g/mol. The van der Waals surface area contributed by atoms with Gasteiger partial charge in [-0.3, -0.25) is 4.79 Å². The second-order valence-corrected chi connectivity index (χ2v) is 6.66. The molecular formula is C18H16ClF3N6O. The van der Waals surface area contributed by atoms with Crippen LogP contribution in [0.25, 0.3) is 5.70 Å². The largest absolute Gasteiger partial charge is 0.417 e. The molecule has 1 aromatic heterocycles. The maximum Gasteiger partial charge on any atom is 0.417 e. The first-order chi connectivity index (χ1) is 13.6. The highest BCUT2D eigenvalue weighted by Gasteiger charge is 2.36. The summed E-state index contributed by atoms with van der Waals surface area (Å²) in [6, 6.07) is 3.21. The first kappa shape index (κ1) is 20.6. The van der Waals surface area contributed by atoms with Gasteiger partial charge in [-0.15, -0.1) is 0 Å². The van der Waals surface area contributed by atoms with Gasteiger partial charge in [0.1, 0.15) is 0 Å². The molecule has 0 fully saturated rings. The molecule has 11 heteroatoms. The maximum atomic E-state index is 13.1. The number of alkyl halides is 3. The van der Waals surface area contributed by atoms with Crippen LogP contribution in [0.15, 0.2) is 24.3 Å². The number of allylic oxidation sites excluding steroid dienone is 1. The molecule has 3 rings (SSSR count). The van der Waals surface area contributed by atoms with Crippen LogP contribution in [0.5, 0.6) is 0 Å². The molecule has 1 aliphatic heterocycles. The fourth-order valence-corrected chi connectivity index (χ4v) is 3.43. The van der Waals surface area contributed by atoms with Gasteiger partial charge in [-0.05, 0) is 24.6 Å². The predicted octanol–water partition coefficient (Wildman–Crippen LogP) is 2.88. The van der Waals surface area contributed by atoms with E-state index in [-0.39, 0.29) is 30.3 Å². The minimum absolute atomic E-state index is 0.0122. The zero-order valence-electron chi connectivity index (χ0n) is 14.9. The molecular weight excluding hydrogens is 409 g/mol. The van der Waals surface area contributed by atoms with Crippen molar-refractivity contribution in [1.82, 2.24) is 14.9 Å². The van der Waals surface area contributed by atoms with Gasteiger partial charge in [0, 0.05) is 18.3 Å². The van der Waals surface area contributed by atoms with E-state index in [2.05, 4.69) is 9.97 Å². The third kappa shape index (κ3) is 4.02. The predicted molar refractivity (Wildman–Crippen MR) is 102 cm³/mol. The molecule has 152 valence electrons. The molecule has 29 heavy (non-hydrogen) atoms. The minimum Gasteiger partial charge on any atom is -0.397 e. The second kappa shape index (κ2) is 7.70. The molecule has 2 heterocycles. The number of carbonyl (C=O) groups is 1. The van der Waals surface area contributed by atoms with Crippen molar-refractivity contribution in [3.05, 3.63) is 57.4 Å². The van der Waals surface area contributed by atoms with E-state index in [0.29, 0.717) is 23.4 Å². The Labute approximate surface area is 168 Å². The molecule has 0 unspecified atom stereocenters. The lowest BCUT2D eigenvalue weighted by Gasteiger charge is -2.29. The number of nitrogens with one attached hydrogen (secondary N) is 1. The smallest absolute Gasteiger partial charge is 0.397 e. The number of rotatable bonds is 3. The summed E-state index contributed by atoms with van der Waals surface area (Å²) in [7, 11) is 0. The number of benzene rings is 1. The van der Waals surface area contributed by atoms with Gasteiger partial charge < -0.3 is 21.8 Å². The van der Waals surface area contributed by atoms with Crippen molar-refractivity contribution < 1.29 is 18.0 Å². The van der Waals surface area contributed by atoms with Gasteiger partial charge in [0.15, 0.2) is 0 Å². The molecule has 2 aromatic rings. The van der Waals surface area contributed by atoms with E-state index in [1.807, 2.05) is 0 Å². The van der Waals surface area contributed by atoms with E-state index < -0.39 is 22.7 Å². The number of anilines is 1. The van der Waals surface area contributed by atoms with Gasteiger partial charge in [0.25, 0.3) is 5.91 Å². The Morgan fingerprint density at radius 2 is 2.03 bits per heavy atom. The molecule has 5 N–H and O–H groups in total. The average Bonchev–Trinajstić information content (AvgIpc) is 2.65. The summed E-state index contributed by atoms with van der Waals surface area (Å²) in [6.07, 6.45) is -1.99.